The van der Waals surface area contributed by atoms with Gasteiger partial charge in [-0.15, -0.1) is 0 Å². The van der Waals surface area contributed by atoms with Crippen LogP contribution < -0.4 is 0 Å². The van der Waals surface area contributed by atoms with Crippen molar-refractivity contribution >= 4 is 5.78 Å². The lowest BCUT2D eigenvalue weighted by Crippen LogP contribution is -2.01. The van der Waals surface area contributed by atoms with Crippen LogP contribution in [0.25, 0.3) is 0 Å². The quantitative estimate of drug-likeness (QED) is 0.706. The van der Waals surface area contributed by atoms with E-state index in [9.17, 15) is 4.79 Å². The van der Waals surface area contributed by atoms with Gasteiger partial charge in [-0.3, -0.25) is 4.79 Å². The van der Waals surface area contributed by atoms with E-state index in [0.29, 0.717) is 16.9 Å². The van der Waals surface area contributed by atoms with Crippen molar-refractivity contribution in [1.29, 1.82) is 0 Å². The normalized spacial score (nSPS) is 10.6. The molecule has 0 aliphatic heterocycles. The molecular formula is C12H12O3. The van der Waals surface area contributed by atoms with Crippen LogP contribution in [0.1, 0.15) is 33.0 Å². The maximum atomic E-state index is 12.0. The molecule has 0 bridgehead atoms. The van der Waals surface area contributed by atoms with Gasteiger partial charge < -0.3 is 8.83 Å². The first-order valence-corrected chi connectivity index (χ1v) is 4.74. The molecule has 0 saturated carbocycles. The van der Waals surface area contributed by atoms with Crippen LogP contribution >= 0.6 is 0 Å². The van der Waals surface area contributed by atoms with Gasteiger partial charge in [-0.2, -0.15) is 0 Å². The van der Waals surface area contributed by atoms with Crippen LogP contribution in [0.2, 0.25) is 0 Å². The average molecular weight is 204 g/mol. The molecule has 0 aliphatic rings. The van der Waals surface area contributed by atoms with Gasteiger partial charge in [-0.1, -0.05) is 0 Å². The van der Waals surface area contributed by atoms with Crippen LogP contribution in [-0.2, 0) is 0 Å². The molecule has 0 aromatic carbocycles. The summed E-state index contributed by atoms with van der Waals surface area (Å²) in [6, 6.07) is 1.75. The van der Waals surface area contributed by atoms with Crippen molar-refractivity contribution in [1.82, 2.24) is 0 Å². The fourth-order valence-corrected chi connectivity index (χ4v) is 1.59. The highest BCUT2D eigenvalue weighted by atomic mass is 16.3. The third-order valence-electron chi connectivity index (χ3n) is 2.39. The van der Waals surface area contributed by atoms with Crippen molar-refractivity contribution in [2.45, 2.75) is 20.8 Å². The van der Waals surface area contributed by atoms with E-state index in [1.165, 1.54) is 6.26 Å². The van der Waals surface area contributed by atoms with Crippen molar-refractivity contribution in [3.63, 3.8) is 0 Å². The van der Waals surface area contributed by atoms with Crippen LogP contribution in [0.3, 0.4) is 0 Å². The Labute approximate surface area is 87.7 Å². The van der Waals surface area contributed by atoms with E-state index < -0.39 is 0 Å². The van der Waals surface area contributed by atoms with Gasteiger partial charge in [0, 0.05) is 0 Å². The topological polar surface area (TPSA) is 43.4 Å². The monoisotopic (exact) mass is 204 g/mol. The highest BCUT2D eigenvalue weighted by molar-refractivity contribution is 6.10. The van der Waals surface area contributed by atoms with Crippen LogP contribution in [-0.4, -0.2) is 5.78 Å². The van der Waals surface area contributed by atoms with E-state index in [2.05, 4.69) is 0 Å². The maximum absolute atomic E-state index is 12.0. The molecule has 0 spiro atoms. The lowest BCUT2D eigenvalue weighted by Gasteiger charge is -1.95. The molecule has 2 rings (SSSR count). The van der Waals surface area contributed by atoms with E-state index in [1.807, 2.05) is 13.8 Å². The highest BCUT2D eigenvalue weighted by Gasteiger charge is 2.18. The Morgan fingerprint density at radius 2 is 1.87 bits per heavy atom. The van der Waals surface area contributed by atoms with Gasteiger partial charge >= 0.3 is 0 Å². The minimum atomic E-state index is -0.0457. The average Bonchev–Trinajstić information content (AvgIpc) is 2.71. The number of carbonyl (C=O) groups excluding carboxylic acids is 1. The van der Waals surface area contributed by atoms with Gasteiger partial charge in [-0.25, -0.2) is 0 Å². The summed E-state index contributed by atoms with van der Waals surface area (Å²) in [5.41, 5.74) is 2.05. The van der Waals surface area contributed by atoms with Gasteiger partial charge in [-0.05, 0) is 32.4 Å². The van der Waals surface area contributed by atoms with Gasteiger partial charge in [0.2, 0.25) is 0 Å². The van der Waals surface area contributed by atoms with E-state index in [4.69, 9.17) is 8.83 Å². The summed E-state index contributed by atoms with van der Waals surface area (Å²) >= 11 is 0. The summed E-state index contributed by atoms with van der Waals surface area (Å²) in [4.78, 5) is 12.0. The van der Waals surface area contributed by atoms with Crippen LogP contribution in [0.5, 0.6) is 0 Å². The molecule has 0 fully saturated rings. The molecule has 3 heteroatoms. The third-order valence-corrected chi connectivity index (χ3v) is 2.39. The number of hydrogen-bond acceptors (Lipinski definition) is 3. The molecule has 0 radical (unpaired) electrons. The largest absolute Gasteiger partial charge is 0.472 e. The number of aryl methyl sites for hydroxylation is 3. The lowest BCUT2D eigenvalue weighted by molar-refractivity contribution is 0.103. The Kier molecular flexibility index (Phi) is 2.23. The molecule has 0 atom stereocenters. The Morgan fingerprint density at radius 1 is 1.13 bits per heavy atom. The number of hydrogen-bond donors (Lipinski definition) is 0. The van der Waals surface area contributed by atoms with E-state index in [1.54, 1.807) is 19.3 Å². The minimum absolute atomic E-state index is 0.0457. The summed E-state index contributed by atoms with van der Waals surface area (Å²) in [5, 5.41) is 0. The molecule has 15 heavy (non-hydrogen) atoms. The molecule has 3 nitrogen and oxygen atoms in total. The van der Waals surface area contributed by atoms with Crippen LogP contribution in [0.4, 0.5) is 0 Å². The molecular weight excluding hydrogens is 192 g/mol. The summed E-state index contributed by atoms with van der Waals surface area (Å²) in [6.45, 7) is 5.46. The highest BCUT2D eigenvalue weighted by Crippen LogP contribution is 2.20. The molecule has 0 amide bonds. The zero-order valence-corrected chi connectivity index (χ0v) is 8.96. The van der Waals surface area contributed by atoms with E-state index >= 15 is 0 Å². The molecule has 78 valence electrons. The zero-order valence-electron chi connectivity index (χ0n) is 8.96. The summed E-state index contributed by atoms with van der Waals surface area (Å²) in [6.07, 6.45) is 3.04. The molecule has 0 aliphatic carbocycles. The van der Waals surface area contributed by atoms with Gasteiger partial charge in [0.05, 0.1) is 17.4 Å². The minimum Gasteiger partial charge on any atom is -0.472 e. The molecule has 2 aromatic rings. The van der Waals surface area contributed by atoms with E-state index in [-0.39, 0.29) is 5.78 Å². The SMILES string of the molecule is Cc1cc(C(=O)c2cocc2C)c(C)o1. The van der Waals surface area contributed by atoms with Crippen molar-refractivity contribution in [3.8, 4) is 0 Å². The second kappa shape index (κ2) is 3.42. The molecule has 2 heterocycles. The summed E-state index contributed by atoms with van der Waals surface area (Å²) < 4.78 is 10.3. The Balaban J connectivity index is 2.45. The fourth-order valence-electron chi connectivity index (χ4n) is 1.59. The van der Waals surface area contributed by atoms with Crippen molar-refractivity contribution in [3.05, 3.63) is 46.8 Å². The summed E-state index contributed by atoms with van der Waals surface area (Å²) in [7, 11) is 0. The van der Waals surface area contributed by atoms with Gasteiger partial charge in [0.1, 0.15) is 17.8 Å². The number of carbonyl (C=O) groups is 1. The maximum Gasteiger partial charge on any atom is 0.200 e. The Bertz CT molecular complexity index is 503. The first-order valence-electron chi connectivity index (χ1n) is 4.74. The standard InChI is InChI=1S/C12H12O3/c1-7-5-14-6-11(7)12(13)10-4-8(2)15-9(10)3/h4-6H,1-3H3. The predicted molar refractivity (Wildman–Crippen MR) is 55.1 cm³/mol. The van der Waals surface area contributed by atoms with Gasteiger partial charge in [0.15, 0.2) is 5.78 Å². The third kappa shape index (κ3) is 1.61. The van der Waals surface area contributed by atoms with Crippen molar-refractivity contribution in [2.24, 2.45) is 0 Å². The van der Waals surface area contributed by atoms with Crippen molar-refractivity contribution in [2.75, 3.05) is 0 Å². The summed E-state index contributed by atoms with van der Waals surface area (Å²) in [5.74, 6) is 1.35. The molecule has 2 aromatic heterocycles. The second-order valence-corrected chi connectivity index (χ2v) is 3.62. The first kappa shape index (κ1) is 9.77. The van der Waals surface area contributed by atoms with Crippen LogP contribution in [0, 0.1) is 20.8 Å². The Morgan fingerprint density at radius 3 is 2.33 bits per heavy atom. The zero-order chi connectivity index (χ0) is 11.0. The van der Waals surface area contributed by atoms with E-state index in [0.717, 1.165) is 11.3 Å². The predicted octanol–water partition coefficient (Wildman–Crippen LogP) is 3.03. The fraction of sp³-hybridized carbons (Fsp3) is 0.250. The first-order chi connectivity index (χ1) is 7.09. The molecule has 0 N–H and O–H groups in total. The second-order valence-electron chi connectivity index (χ2n) is 3.62. The molecule has 0 saturated heterocycles. The number of rotatable bonds is 2. The van der Waals surface area contributed by atoms with Crippen molar-refractivity contribution < 1.29 is 13.6 Å². The number of ketones is 1. The molecule has 0 unspecified atom stereocenters. The van der Waals surface area contributed by atoms with Crippen LogP contribution in [0.15, 0.2) is 27.4 Å². The van der Waals surface area contributed by atoms with Gasteiger partial charge in [0.25, 0.3) is 0 Å². The smallest absolute Gasteiger partial charge is 0.200 e. The number of furan rings is 2. The lowest BCUT2D eigenvalue weighted by atomic mass is 10.0. The Hall–Kier alpha value is -1.77.